The fraction of sp³-hybridized carbons (Fsp3) is 0.667. The Morgan fingerprint density at radius 2 is 2.11 bits per heavy atom. The van der Waals surface area contributed by atoms with Gasteiger partial charge < -0.3 is 20.3 Å². The van der Waals surface area contributed by atoms with Crippen LogP contribution >= 0.6 is 0 Å². The van der Waals surface area contributed by atoms with E-state index >= 15 is 0 Å². The second-order valence-electron chi connectivity index (χ2n) is 4.57. The zero-order valence-corrected chi connectivity index (χ0v) is 10.8. The minimum atomic E-state index is -1.28. The predicted molar refractivity (Wildman–Crippen MR) is 65.7 cm³/mol. The van der Waals surface area contributed by atoms with Crippen LogP contribution in [0.2, 0.25) is 0 Å². The molecule has 0 fully saturated rings. The van der Waals surface area contributed by atoms with Gasteiger partial charge in [0.2, 0.25) is 5.91 Å². The van der Waals surface area contributed by atoms with E-state index in [4.69, 9.17) is 9.84 Å². The standard InChI is InChI=1S/C12H21NO5/c1-4-9(15)18-7-5-6-13-11(17)10(16)12(2,3)8-14/h4,10,14,16H,1,5-8H2,2-3H3,(H,13,17). The van der Waals surface area contributed by atoms with Gasteiger partial charge in [0.15, 0.2) is 0 Å². The average molecular weight is 259 g/mol. The Bertz CT molecular complexity index is 301. The summed E-state index contributed by atoms with van der Waals surface area (Å²) in [6.07, 6.45) is 0.224. The number of hydrogen-bond acceptors (Lipinski definition) is 5. The number of amides is 1. The first-order valence-electron chi connectivity index (χ1n) is 5.71. The molecule has 6 heteroatoms. The predicted octanol–water partition coefficient (Wildman–Crippen LogP) is -0.399. The van der Waals surface area contributed by atoms with Crippen LogP contribution in [0.15, 0.2) is 12.7 Å². The van der Waals surface area contributed by atoms with Gasteiger partial charge in [-0.1, -0.05) is 20.4 Å². The second kappa shape index (κ2) is 7.84. The molecule has 0 aliphatic rings. The lowest BCUT2D eigenvalue weighted by molar-refractivity contribution is -0.138. The highest BCUT2D eigenvalue weighted by atomic mass is 16.5. The number of aliphatic hydroxyl groups excluding tert-OH is 2. The van der Waals surface area contributed by atoms with Gasteiger partial charge in [0.05, 0.1) is 13.2 Å². The Balaban J connectivity index is 3.84. The molecular weight excluding hydrogens is 238 g/mol. The van der Waals surface area contributed by atoms with Crippen molar-refractivity contribution in [2.24, 2.45) is 5.41 Å². The first-order valence-corrected chi connectivity index (χ1v) is 5.71. The lowest BCUT2D eigenvalue weighted by atomic mass is 9.87. The highest BCUT2D eigenvalue weighted by molar-refractivity contribution is 5.81. The number of ether oxygens (including phenoxy) is 1. The lowest BCUT2D eigenvalue weighted by Gasteiger charge is -2.27. The van der Waals surface area contributed by atoms with Crippen LogP contribution in [0, 0.1) is 5.41 Å². The van der Waals surface area contributed by atoms with Crippen LogP contribution in [0.1, 0.15) is 20.3 Å². The van der Waals surface area contributed by atoms with E-state index in [1.165, 1.54) is 0 Å². The molecule has 0 aromatic carbocycles. The fourth-order valence-corrected chi connectivity index (χ4v) is 1.05. The molecule has 0 saturated carbocycles. The summed E-state index contributed by atoms with van der Waals surface area (Å²) < 4.78 is 4.71. The van der Waals surface area contributed by atoms with Crippen LogP contribution in [0.5, 0.6) is 0 Å². The van der Waals surface area contributed by atoms with Crippen LogP contribution < -0.4 is 5.32 Å². The van der Waals surface area contributed by atoms with Crippen LogP contribution in [0.4, 0.5) is 0 Å². The minimum Gasteiger partial charge on any atom is -0.462 e. The van der Waals surface area contributed by atoms with Gasteiger partial charge in [-0.3, -0.25) is 4.79 Å². The first-order chi connectivity index (χ1) is 8.35. The molecule has 1 unspecified atom stereocenters. The number of nitrogens with one attached hydrogen (secondary N) is 1. The topological polar surface area (TPSA) is 95.9 Å². The van der Waals surface area contributed by atoms with Crippen molar-refractivity contribution in [1.82, 2.24) is 5.32 Å². The molecule has 0 aromatic heterocycles. The summed E-state index contributed by atoms with van der Waals surface area (Å²) in [7, 11) is 0. The summed E-state index contributed by atoms with van der Waals surface area (Å²) >= 11 is 0. The van der Waals surface area contributed by atoms with E-state index < -0.39 is 23.4 Å². The van der Waals surface area contributed by atoms with E-state index in [1.807, 2.05) is 0 Å². The van der Waals surface area contributed by atoms with Crippen molar-refractivity contribution in [1.29, 1.82) is 0 Å². The smallest absolute Gasteiger partial charge is 0.330 e. The molecule has 0 aliphatic heterocycles. The largest absolute Gasteiger partial charge is 0.462 e. The summed E-state index contributed by atoms with van der Waals surface area (Å²) in [5.74, 6) is -1.06. The van der Waals surface area contributed by atoms with Gasteiger partial charge in [0.1, 0.15) is 6.10 Å². The summed E-state index contributed by atoms with van der Waals surface area (Å²) in [5.41, 5.74) is -0.889. The van der Waals surface area contributed by atoms with Gasteiger partial charge >= 0.3 is 5.97 Å². The van der Waals surface area contributed by atoms with E-state index in [2.05, 4.69) is 11.9 Å². The summed E-state index contributed by atoms with van der Waals surface area (Å²) in [4.78, 5) is 22.2. The van der Waals surface area contributed by atoms with Crippen LogP contribution in [-0.4, -0.2) is 48.0 Å². The Kier molecular flexibility index (Phi) is 7.23. The number of esters is 1. The van der Waals surface area contributed by atoms with E-state index in [9.17, 15) is 14.7 Å². The molecule has 3 N–H and O–H groups in total. The number of carbonyl (C=O) groups is 2. The molecule has 0 saturated heterocycles. The molecule has 6 nitrogen and oxygen atoms in total. The minimum absolute atomic E-state index is 0.171. The molecule has 0 bridgehead atoms. The maximum absolute atomic E-state index is 11.5. The molecular formula is C12H21NO5. The zero-order valence-electron chi connectivity index (χ0n) is 10.8. The van der Waals surface area contributed by atoms with Gasteiger partial charge in [-0.25, -0.2) is 4.79 Å². The Labute approximate surface area is 107 Å². The molecule has 0 aromatic rings. The quantitative estimate of drug-likeness (QED) is 0.313. The first kappa shape index (κ1) is 16.6. The van der Waals surface area contributed by atoms with Gasteiger partial charge in [-0.2, -0.15) is 0 Å². The Morgan fingerprint density at radius 1 is 1.50 bits per heavy atom. The average Bonchev–Trinajstić information content (AvgIpc) is 2.36. The van der Waals surface area contributed by atoms with E-state index in [-0.39, 0.29) is 19.8 Å². The van der Waals surface area contributed by atoms with Crippen molar-refractivity contribution < 1.29 is 24.5 Å². The van der Waals surface area contributed by atoms with Gasteiger partial charge in [0, 0.05) is 18.0 Å². The van der Waals surface area contributed by atoms with Crippen LogP contribution in [0.3, 0.4) is 0 Å². The SMILES string of the molecule is C=CC(=O)OCCCNC(=O)C(O)C(C)(C)CO. The molecule has 0 aliphatic carbocycles. The number of aliphatic hydroxyl groups is 2. The van der Waals surface area contributed by atoms with Crippen molar-refractivity contribution in [2.75, 3.05) is 19.8 Å². The van der Waals surface area contributed by atoms with E-state index in [0.717, 1.165) is 6.08 Å². The van der Waals surface area contributed by atoms with Crippen LogP contribution in [-0.2, 0) is 14.3 Å². The third-order valence-corrected chi connectivity index (χ3v) is 2.43. The van der Waals surface area contributed by atoms with E-state index in [1.54, 1.807) is 13.8 Å². The van der Waals surface area contributed by atoms with Crippen LogP contribution in [0.25, 0.3) is 0 Å². The normalized spacial score (nSPS) is 12.7. The highest BCUT2D eigenvalue weighted by Gasteiger charge is 2.32. The maximum atomic E-state index is 11.5. The molecule has 0 spiro atoms. The summed E-state index contributed by atoms with van der Waals surface area (Å²) in [6, 6.07) is 0. The number of carbonyl (C=O) groups excluding carboxylic acids is 2. The molecule has 0 rings (SSSR count). The fourth-order valence-electron chi connectivity index (χ4n) is 1.05. The lowest BCUT2D eigenvalue weighted by Crippen LogP contribution is -2.45. The third-order valence-electron chi connectivity index (χ3n) is 2.43. The second-order valence-corrected chi connectivity index (χ2v) is 4.57. The molecule has 0 heterocycles. The van der Waals surface area contributed by atoms with Gasteiger partial charge in [-0.05, 0) is 6.42 Å². The maximum Gasteiger partial charge on any atom is 0.330 e. The van der Waals surface area contributed by atoms with E-state index in [0.29, 0.717) is 6.42 Å². The highest BCUT2D eigenvalue weighted by Crippen LogP contribution is 2.19. The number of hydrogen-bond donors (Lipinski definition) is 3. The molecule has 18 heavy (non-hydrogen) atoms. The monoisotopic (exact) mass is 259 g/mol. The molecule has 1 amide bonds. The van der Waals surface area contributed by atoms with Crippen molar-refractivity contribution in [2.45, 2.75) is 26.4 Å². The zero-order chi connectivity index (χ0) is 14.2. The third kappa shape index (κ3) is 5.79. The van der Waals surface area contributed by atoms with Crippen molar-refractivity contribution in [3.63, 3.8) is 0 Å². The summed E-state index contributed by atoms with van der Waals surface area (Å²) in [6.45, 7) is 6.58. The molecule has 0 radical (unpaired) electrons. The Hall–Kier alpha value is -1.40. The van der Waals surface area contributed by atoms with Crippen molar-refractivity contribution >= 4 is 11.9 Å². The van der Waals surface area contributed by atoms with Gasteiger partial charge in [0.25, 0.3) is 0 Å². The summed E-state index contributed by atoms with van der Waals surface area (Å²) in [5, 5.41) is 21.2. The number of rotatable bonds is 8. The van der Waals surface area contributed by atoms with Gasteiger partial charge in [-0.15, -0.1) is 0 Å². The van der Waals surface area contributed by atoms with Crippen molar-refractivity contribution in [3.8, 4) is 0 Å². The Morgan fingerprint density at radius 3 is 2.61 bits per heavy atom. The molecule has 1 atom stereocenters. The van der Waals surface area contributed by atoms with Crippen molar-refractivity contribution in [3.05, 3.63) is 12.7 Å². The molecule has 104 valence electrons.